The zero-order valence-electron chi connectivity index (χ0n) is 19.2. The Balaban J connectivity index is 1.35. The lowest BCUT2D eigenvalue weighted by Crippen LogP contribution is -2.41. The van der Waals surface area contributed by atoms with Crippen LogP contribution in [0.2, 0.25) is 0 Å². The van der Waals surface area contributed by atoms with E-state index in [0.717, 1.165) is 27.9 Å². The van der Waals surface area contributed by atoms with Gasteiger partial charge in [0, 0.05) is 24.5 Å². The molecule has 2 amide bonds. The van der Waals surface area contributed by atoms with E-state index in [1.165, 1.54) is 17.1 Å². The summed E-state index contributed by atoms with van der Waals surface area (Å²) in [6.45, 7) is 4.91. The SMILES string of the molecule is Cc1cc(C)cc(NC(=O)CN2NC3c4cc(F)ccc4N(Cc4ccccc4)CC3C2=O)c1. The molecule has 5 rings (SSSR count). The molecule has 0 radical (unpaired) electrons. The fourth-order valence-electron chi connectivity index (χ4n) is 5.00. The van der Waals surface area contributed by atoms with Crippen molar-refractivity contribution in [3.8, 4) is 0 Å². The van der Waals surface area contributed by atoms with Gasteiger partial charge in [-0.2, -0.15) is 0 Å². The van der Waals surface area contributed by atoms with Crippen LogP contribution >= 0.6 is 0 Å². The average Bonchev–Trinajstić information content (AvgIpc) is 3.09. The fourth-order valence-corrected chi connectivity index (χ4v) is 5.00. The molecule has 2 heterocycles. The number of anilines is 2. The van der Waals surface area contributed by atoms with Gasteiger partial charge in [-0.25, -0.2) is 9.82 Å². The summed E-state index contributed by atoms with van der Waals surface area (Å²) in [4.78, 5) is 28.1. The molecule has 2 atom stereocenters. The van der Waals surface area contributed by atoms with E-state index < -0.39 is 5.92 Å². The van der Waals surface area contributed by atoms with Crippen molar-refractivity contribution >= 4 is 23.2 Å². The predicted octanol–water partition coefficient (Wildman–Crippen LogP) is 4.11. The highest BCUT2D eigenvalue weighted by molar-refractivity contribution is 5.95. The summed E-state index contributed by atoms with van der Waals surface area (Å²) >= 11 is 0. The highest BCUT2D eigenvalue weighted by Gasteiger charge is 2.46. The molecule has 2 N–H and O–H groups in total. The van der Waals surface area contributed by atoms with E-state index in [1.807, 2.05) is 62.4 Å². The van der Waals surface area contributed by atoms with Crippen molar-refractivity contribution in [2.24, 2.45) is 5.92 Å². The van der Waals surface area contributed by atoms with Gasteiger partial charge in [0.25, 0.3) is 0 Å². The number of hydrogen-bond acceptors (Lipinski definition) is 4. The summed E-state index contributed by atoms with van der Waals surface area (Å²) < 4.78 is 14.2. The molecule has 7 heteroatoms. The maximum absolute atomic E-state index is 14.2. The topological polar surface area (TPSA) is 64.7 Å². The molecular formula is C27H27FN4O2. The molecule has 34 heavy (non-hydrogen) atoms. The number of halogens is 1. The van der Waals surface area contributed by atoms with E-state index in [1.54, 1.807) is 6.07 Å². The van der Waals surface area contributed by atoms with E-state index >= 15 is 0 Å². The third kappa shape index (κ3) is 4.39. The molecule has 1 fully saturated rings. The van der Waals surface area contributed by atoms with Crippen molar-refractivity contribution in [1.82, 2.24) is 10.4 Å². The Morgan fingerprint density at radius 1 is 1.06 bits per heavy atom. The van der Waals surface area contributed by atoms with E-state index in [-0.39, 0.29) is 30.2 Å². The lowest BCUT2D eigenvalue weighted by molar-refractivity contribution is -0.135. The maximum atomic E-state index is 14.2. The van der Waals surface area contributed by atoms with Crippen LogP contribution in [0.5, 0.6) is 0 Å². The molecule has 0 aromatic heterocycles. The Hall–Kier alpha value is -3.71. The fraction of sp³-hybridized carbons (Fsp3) is 0.259. The first-order valence-corrected chi connectivity index (χ1v) is 11.4. The molecule has 2 aliphatic heterocycles. The van der Waals surface area contributed by atoms with Gasteiger partial charge in [-0.15, -0.1) is 0 Å². The highest BCUT2D eigenvalue weighted by atomic mass is 19.1. The van der Waals surface area contributed by atoms with Crippen molar-refractivity contribution in [1.29, 1.82) is 0 Å². The number of amides is 2. The molecule has 0 saturated carbocycles. The minimum Gasteiger partial charge on any atom is -0.366 e. The zero-order valence-corrected chi connectivity index (χ0v) is 19.2. The van der Waals surface area contributed by atoms with Gasteiger partial charge in [-0.1, -0.05) is 36.4 Å². The lowest BCUT2D eigenvalue weighted by Gasteiger charge is -2.36. The Morgan fingerprint density at radius 2 is 1.79 bits per heavy atom. The van der Waals surface area contributed by atoms with E-state index in [0.29, 0.717) is 18.8 Å². The molecule has 174 valence electrons. The Labute approximate surface area is 198 Å². The first-order valence-electron chi connectivity index (χ1n) is 11.4. The van der Waals surface area contributed by atoms with E-state index in [2.05, 4.69) is 15.6 Å². The second-order valence-corrected chi connectivity index (χ2v) is 9.13. The van der Waals surface area contributed by atoms with Gasteiger partial charge in [0.15, 0.2) is 0 Å². The van der Waals surface area contributed by atoms with Gasteiger partial charge in [0.1, 0.15) is 12.4 Å². The minimum atomic E-state index is -0.410. The number of fused-ring (bicyclic) bond motifs is 3. The number of carbonyl (C=O) groups is 2. The molecule has 2 unspecified atom stereocenters. The summed E-state index contributed by atoms with van der Waals surface area (Å²) in [6, 6.07) is 20.1. The van der Waals surface area contributed by atoms with Crippen molar-refractivity contribution in [2.45, 2.75) is 26.4 Å². The Morgan fingerprint density at radius 3 is 2.53 bits per heavy atom. The second kappa shape index (κ2) is 8.91. The van der Waals surface area contributed by atoms with Crippen LogP contribution in [0.4, 0.5) is 15.8 Å². The predicted molar refractivity (Wildman–Crippen MR) is 130 cm³/mol. The summed E-state index contributed by atoms with van der Waals surface area (Å²) in [7, 11) is 0. The number of rotatable bonds is 5. The monoisotopic (exact) mass is 458 g/mol. The highest BCUT2D eigenvalue weighted by Crippen LogP contribution is 2.42. The van der Waals surface area contributed by atoms with Crippen LogP contribution in [-0.2, 0) is 16.1 Å². The second-order valence-electron chi connectivity index (χ2n) is 9.13. The Kier molecular flexibility index (Phi) is 5.79. The molecule has 0 spiro atoms. The third-order valence-electron chi connectivity index (χ3n) is 6.39. The smallest absolute Gasteiger partial charge is 0.245 e. The average molecular weight is 459 g/mol. The number of nitrogens with zero attached hydrogens (tertiary/aromatic N) is 2. The van der Waals surface area contributed by atoms with Crippen molar-refractivity contribution in [2.75, 3.05) is 23.3 Å². The molecule has 1 saturated heterocycles. The number of carbonyl (C=O) groups excluding carboxylic acids is 2. The molecule has 6 nitrogen and oxygen atoms in total. The molecule has 0 aliphatic carbocycles. The van der Waals surface area contributed by atoms with Crippen LogP contribution in [0, 0.1) is 25.6 Å². The molecule has 0 bridgehead atoms. The van der Waals surface area contributed by atoms with Crippen LogP contribution in [0.3, 0.4) is 0 Å². The molecular weight excluding hydrogens is 431 g/mol. The van der Waals surface area contributed by atoms with Crippen molar-refractivity contribution < 1.29 is 14.0 Å². The van der Waals surface area contributed by atoms with Gasteiger partial charge in [-0.3, -0.25) is 14.6 Å². The third-order valence-corrected chi connectivity index (χ3v) is 6.39. The lowest BCUT2D eigenvalue weighted by atomic mass is 9.88. The summed E-state index contributed by atoms with van der Waals surface area (Å²) in [5.41, 5.74) is 8.72. The number of nitrogens with one attached hydrogen (secondary N) is 2. The van der Waals surface area contributed by atoms with Gasteiger partial charge in [-0.05, 0) is 66.4 Å². The zero-order chi connectivity index (χ0) is 23.8. The van der Waals surface area contributed by atoms with Crippen LogP contribution in [0.25, 0.3) is 0 Å². The van der Waals surface area contributed by atoms with E-state index in [9.17, 15) is 14.0 Å². The van der Waals surface area contributed by atoms with Crippen LogP contribution < -0.4 is 15.6 Å². The molecule has 3 aromatic rings. The number of benzene rings is 3. The van der Waals surface area contributed by atoms with Crippen molar-refractivity contribution in [3.63, 3.8) is 0 Å². The maximum Gasteiger partial charge on any atom is 0.245 e. The van der Waals surface area contributed by atoms with Crippen molar-refractivity contribution in [3.05, 3.63) is 94.8 Å². The standard InChI is InChI=1S/C27H27FN4O2/c1-17-10-18(2)12-21(11-17)29-25(33)16-32-27(34)23-15-31(14-19-6-4-3-5-7-19)24-9-8-20(28)13-22(24)26(23)30-32/h3-13,23,26,30H,14-16H2,1-2H3,(H,29,33). The van der Waals surface area contributed by atoms with Crippen LogP contribution in [-0.4, -0.2) is 29.9 Å². The van der Waals surface area contributed by atoms with Gasteiger partial charge < -0.3 is 10.2 Å². The first-order chi connectivity index (χ1) is 16.4. The normalized spacial score (nSPS) is 19.1. The van der Waals surface area contributed by atoms with E-state index in [4.69, 9.17) is 0 Å². The summed E-state index contributed by atoms with van der Waals surface area (Å²) in [5, 5.41) is 4.25. The van der Waals surface area contributed by atoms with Gasteiger partial charge in [0.05, 0.1) is 12.0 Å². The molecule has 3 aromatic carbocycles. The number of hydrazine groups is 1. The summed E-state index contributed by atoms with van der Waals surface area (Å²) in [5.74, 6) is -1.20. The summed E-state index contributed by atoms with van der Waals surface area (Å²) in [6.07, 6.45) is 0. The minimum absolute atomic E-state index is 0.123. The quantitative estimate of drug-likeness (QED) is 0.604. The van der Waals surface area contributed by atoms with Crippen LogP contribution in [0.15, 0.2) is 66.7 Å². The van der Waals surface area contributed by atoms with Gasteiger partial charge >= 0.3 is 0 Å². The number of aryl methyl sites for hydroxylation is 2. The number of hydrogen-bond donors (Lipinski definition) is 2. The largest absolute Gasteiger partial charge is 0.366 e. The Bertz CT molecular complexity index is 1230. The molecule has 2 aliphatic rings. The first kappa shape index (κ1) is 22.1. The van der Waals surface area contributed by atoms with Crippen LogP contribution in [0.1, 0.15) is 28.3 Å². The van der Waals surface area contributed by atoms with Gasteiger partial charge in [0.2, 0.25) is 11.8 Å².